The molecule has 1 heterocycles. The molecule has 86 valence electrons. The van der Waals surface area contributed by atoms with Crippen molar-refractivity contribution in [1.29, 1.82) is 0 Å². The topological polar surface area (TPSA) is 34.1 Å². The Kier molecular flexibility index (Phi) is 3.08. The van der Waals surface area contributed by atoms with Gasteiger partial charge < -0.3 is 0 Å². The van der Waals surface area contributed by atoms with E-state index < -0.39 is 15.7 Å². The molecule has 0 saturated heterocycles. The fraction of sp³-hybridized carbons (Fsp3) is 0.273. The number of rotatable bonds is 3. The number of sulfone groups is 1. The van der Waals surface area contributed by atoms with Crippen molar-refractivity contribution < 1.29 is 12.8 Å². The molecular weight excluding hydrogens is 247 g/mol. The molecular formula is C11H11FO2S2. The van der Waals surface area contributed by atoms with E-state index in [-0.39, 0.29) is 4.90 Å². The lowest BCUT2D eigenvalue weighted by Crippen LogP contribution is -2.02. The molecule has 0 saturated carbocycles. The van der Waals surface area contributed by atoms with Crippen LogP contribution in [0.15, 0.2) is 28.0 Å². The van der Waals surface area contributed by atoms with Crippen molar-refractivity contribution >= 4 is 27.7 Å². The maximum atomic E-state index is 13.0. The van der Waals surface area contributed by atoms with Crippen molar-refractivity contribution in [3.8, 4) is 0 Å². The van der Waals surface area contributed by atoms with Crippen LogP contribution in [0, 0.1) is 5.82 Å². The second-order valence-corrected chi connectivity index (χ2v) is 6.68. The lowest BCUT2D eigenvalue weighted by atomic mass is 10.2. The zero-order valence-electron chi connectivity index (χ0n) is 8.73. The Morgan fingerprint density at radius 2 is 2.12 bits per heavy atom. The van der Waals surface area contributed by atoms with E-state index in [2.05, 4.69) is 0 Å². The minimum Gasteiger partial charge on any atom is -0.219 e. The summed E-state index contributed by atoms with van der Waals surface area (Å²) in [6.07, 6.45) is 1.57. The highest BCUT2D eigenvalue weighted by Crippen LogP contribution is 2.34. The van der Waals surface area contributed by atoms with Gasteiger partial charge in [-0.15, -0.1) is 0 Å². The van der Waals surface area contributed by atoms with Gasteiger partial charge in [0.1, 0.15) is 5.82 Å². The highest BCUT2D eigenvalue weighted by Gasteiger charge is 2.29. The number of thioether (sulfide) groups is 1. The number of fused-ring (bicyclic) bond motifs is 1. The third-order valence-electron chi connectivity index (χ3n) is 2.37. The molecule has 1 aliphatic rings. The summed E-state index contributed by atoms with van der Waals surface area (Å²) in [5.41, 5.74) is 0.465. The smallest absolute Gasteiger partial charge is 0.204 e. The summed E-state index contributed by atoms with van der Waals surface area (Å²) in [6.45, 7) is 1.97. The number of benzene rings is 1. The van der Waals surface area contributed by atoms with Gasteiger partial charge in [-0.05, 0) is 35.6 Å². The first-order chi connectivity index (χ1) is 7.55. The van der Waals surface area contributed by atoms with E-state index >= 15 is 0 Å². The van der Waals surface area contributed by atoms with Crippen LogP contribution < -0.4 is 0 Å². The highest BCUT2D eigenvalue weighted by atomic mass is 32.2. The molecule has 2 nitrogen and oxygen atoms in total. The summed E-state index contributed by atoms with van der Waals surface area (Å²) in [7, 11) is -3.36. The third kappa shape index (κ3) is 1.89. The molecule has 16 heavy (non-hydrogen) atoms. The monoisotopic (exact) mass is 258 g/mol. The van der Waals surface area contributed by atoms with Gasteiger partial charge in [-0.2, -0.15) is 11.8 Å². The van der Waals surface area contributed by atoms with Crippen molar-refractivity contribution in [2.75, 3.05) is 11.5 Å². The molecule has 0 fully saturated rings. The Morgan fingerprint density at radius 3 is 2.81 bits per heavy atom. The predicted molar refractivity (Wildman–Crippen MR) is 64.6 cm³/mol. The Balaban J connectivity index is 2.44. The van der Waals surface area contributed by atoms with Crippen LogP contribution in [0.4, 0.5) is 4.39 Å². The summed E-state index contributed by atoms with van der Waals surface area (Å²) in [5, 5.41) is 0. The quantitative estimate of drug-likeness (QED) is 0.782. The fourth-order valence-electron chi connectivity index (χ4n) is 1.59. The van der Waals surface area contributed by atoms with Gasteiger partial charge in [0, 0.05) is 5.75 Å². The maximum absolute atomic E-state index is 13.0. The first-order valence-electron chi connectivity index (χ1n) is 4.88. The van der Waals surface area contributed by atoms with Crippen LogP contribution >= 0.6 is 11.8 Å². The van der Waals surface area contributed by atoms with Gasteiger partial charge >= 0.3 is 0 Å². The summed E-state index contributed by atoms with van der Waals surface area (Å²) < 4.78 is 37.0. The normalized spacial score (nSPS) is 17.0. The van der Waals surface area contributed by atoms with Crippen LogP contribution in [0.25, 0.3) is 6.08 Å². The van der Waals surface area contributed by atoms with Gasteiger partial charge in [-0.1, -0.05) is 6.92 Å². The summed E-state index contributed by atoms with van der Waals surface area (Å²) in [5.74, 6) is 0.904. The molecule has 0 bridgehead atoms. The molecule has 0 aliphatic carbocycles. The molecule has 5 heteroatoms. The summed E-state index contributed by atoms with van der Waals surface area (Å²) in [6, 6.07) is 3.77. The minimum absolute atomic E-state index is 0.223. The Labute approximate surface area is 98.5 Å². The lowest BCUT2D eigenvalue weighted by Gasteiger charge is -2.02. The van der Waals surface area contributed by atoms with Gasteiger partial charge in [0.15, 0.2) is 0 Å². The van der Waals surface area contributed by atoms with Crippen LogP contribution in [-0.4, -0.2) is 19.9 Å². The highest BCUT2D eigenvalue weighted by molar-refractivity contribution is 8.02. The third-order valence-corrected chi connectivity index (χ3v) is 5.38. The van der Waals surface area contributed by atoms with E-state index in [1.54, 1.807) is 17.8 Å². The van der Waals surface area contributed by atoms with Crippen molar-refractivity contribution in [3.05, 3.63) is 34.5 Å². The van der Waals surface area contributed by atoms with Crippen molar-refractivity contribution in [2.24, 2.45) is 0 Å². The van der Waals surface area contributed by atoms with Gasteiger partial charge in [-0.25, -0.2) is 12.8 Å². The summed E-state index contributed by atoms with van der Waals surface area (Å²) in [4.78, 5) is 0.598. The molecule has 0 amide bonds. The van der Waals surface area contributed by atoms with E-state index in [1.165, 1.54) is 18.2 Å². The van der Waals surface area contributed by atoms with Crippen molar-refractivity contribution in [2.45, 2.75) is 11.8 Å². The van der Waals surface area contributed by atoms with Crippen LogP contribution in [0.3, 0.4) is 0 Å². The second-order valence-electron chi connectivity index (χ2n) is 3.43. The van der Waals surface area contributed by atoms with Crippen molar-refractivity contribution in [3.63, 3.8) is 0 Å². The van der Waals surface area contributed by atoms with Gasteiger partial charge in [0.2, 0.25) is 9.84 Å². The minimum atomic E-state index is -3.36. The zero-order chi connectivity index (χ0) is 11.8. The van der Waals surface area contributed by atoms with Gasteiger partial charge in [0.05, 0.1) is 9.80 Å². The van der Waals surface area contributed by atoms with E-state index in [4.69, 9.17) is 0 Å². The number of hydrogen-bond donors (Lipinski definition) is 0. The molecule has 1 aromatic rings. The zero-order valence-corrected chi connectivity index (χ0v) is 10.4. The van der Waals surface area contributed by atoms with Gasteiger partial charge in [0.25, 0.3) is 0 Å². The maximum Gasteiger partial charge on any atom is 0.204 e. The largest absolute Gasteiger partial charge is 0.219 e. The molecule has 1 aliphatic heterocycles. The SMILES string of the molecule is CCSCC1=Cc2cc(F)ccc2S1(=O)=O. The Morgan fingerprint density at radius 1 is 1.38 bits per heavy atom. The Hall–Kier alpha value is -0.810. The van der Waals surface area contributed by atoms with Crippen LogP contribution in [0.2, 0.25) is 0 Å². The standard InChI is InChI=1S/C11H11FO2S2/c1-2-15-7-10-6-8-5-9(12)3-4-11(8)16(10,13)14/h3-6H,2,7H2,1H3. The van der Waals surface area contributed by atoms with Crippen LogP contribution in [0.5, 0.6) is 0 Å². The Bertz CT molecular complexity index is 547. The number of hydrogen-bond acceptors (Lipinski definition) is 3. The fourth-order valence-corrected chi connectivity index (χ4v) is 4.19. The number of halogens is 1. The van der Waals surface area contributed by atoms with E-state index in [0.717, 1.165) is 5.75 Å². The predicted octanol–water partition coefficient (Wildman–Crippen LogP) is 2.71. The molecule has 0 radical (unpaired) electrons. The first kappa shape index (κ1) is 11.7. The van der Waals surface area contributed by atoms with E-state index in [0.29, 0.717) is 16.2 Å². The van der Waals surface area contributed by atoms with E-state index in [1.807, 2.05) is 6.92 Å². The lowest BCUT2D eigenvalue weighted by molar-refractivity contribution is 0.602. The molecule has 0 unspecified atom stereocenters. The summed E-state index contributed by atoms with van der Waals surface area (Å²) >= 11 is 1.54. The van der Waals surface area contributed by atoms with E-state index in [9.17, 15) is 12.8 Å². The molecule has 0 N–H and O–H groups in total. The molecule has 1 aromatic carbocycles. The van der Waals surface area contributed by atoms with Gasteiger partial charge in [-0.3, -0.25) is 0 Å². The molecule has 0 spiro atoms. The molecule has 0 aromatic heterocycles. The van der Waals surface area contributed by atoms with Crippen LogP contribution in [0.1, 0.15) is 12.5 Å². The average molecular weight is 258 g/mol. The first-order valence-corrected chi connectivity index (χ1v) is 7.52. The average Bonchev–Trinajstić information content (AvgIpc) is 2.47. The van der Waals surface area contributed by atoms with Crippen molar-refractivity contribution in [1.82, 2.24) is 0 Å². The second kappa shape index (κ2) is 4.22. The molecule has 2 rings (SSSR count). The molecule has 0 atom stereocenters. The van der Waals surface area contributed by atoms with Crippen LogP contribution in [-0.2, 0) is 9.84 Å².